The Morgan fingerprint density at radius 2 is 2.11 bits per heavy atom. The molecule has 0 aliphatic rings. The van der Waals surface area contributed by atoms with Gasteiger partial charge in [0.1, 0.15) is 0 Å². The fourth-order valence-corrected chi connectivity index (χ4v) is 2.45. The summed E-state index contributed by atoms with van der Waals surface area (Å²) >= 11 is 6.89. The van der Waals surface area contributed by atoms with Crippen LogP contribution in [0.25, 0.3) is 0 Å². The normalized spacial score (nSPS) is 10.2. The lowest BCUT2D eigenvalue weighted by Gasteiger charge is -2.04. The fourth-order valence-electron chi connectivity index (χ4n) is 1.51. The molecule has 0 aliphatic heterocycles. The molecule has 0 aliphatic carbocycles. The smallest absolute Gasteiger partial charge is 0.274 e. The van der Waals surface area contributed by atoms with Crippen molar-refractivity contribution in [3.05, 3.63) is 55.2 Å². The summed E-state index contributed by atoms with van der Waals surface area (Å²) in [6.45, 7) is 1.64. The third-order valence-corrected chi connectivity index (χ3v) is 3.69. The van der Waals surface area contributed by atoms with Gasteiger partial charge in [0.25, 0.3) is 11.6 Å². The molecule has 0 spiro atoms. The van der Waals surface area contributed by atoms with Crippen LogP contribution in [0, 0.1) is 17.0 Å². The van der Waals surface area contributed by atoms with Crippen molar-refractivity contribution in [3.8, 4) is 0 Å². The topological polar surface area (TPSA) is 72.2 Å². The second-order valence-electron chi connectivity index (χ2n) is 3.82. The van der Waals surface area contributed by atoms with Gasteiger partial charge in [0, 0.05) is 17.3 Å². The zero-order valence-electron chi connectivity index (χ0n) is 9.84. The monoisotopic (exact) mass is 296 g/mol. The lowest BCUT2D eigenvalue weighted by molar-refractivity contribution is -0.385. The number of hydrogen-bond acceptors (Lipinski definition) is 4. The van der Waals surface area contributed by atoms with Crippen LogP contribution < -0.4 is 5.32 Å². The van der Waals surface area contributed by atoms with Gasteiger partial charge in [0.15, 0.2) is 0 Å². The van der Waals surface area contributed by atoms with Crippen LogP contribution in [0.1, 0.15) is 15.2 Å². The summed E-state index contributed by atoms with van der Waals surface area (Å²) < 4.78 is 0.514. The number of carbonyl (C=O) groups is 1. The average Bonchev–Trinajstić information content (AvgIpc) is 2.78. The Morgan fingerprint density at radius 1 is 1.37 bits per heavy atom. The summed E-state index contributed by atoms with van der Waals surface area (Å²) in [4.78, 5) is 22.6. The van der Waals surface area contributed by atoms with Crippen LogP contribution in [0.2, 0.25) is 4.34 Å². The van der Waals surface area contributed by atoms with E-state index < -0.39 is 4.92 Å². The Balaban J connectivity index is 2.22. The maximum Gasteiger partial charge on any atom is 0.274 e. The van der Waals surface area contributed by atoms with Crippen molar-refractivity contribution < 1.29 is 9.72 Å². The van der Waals surface area contributed by atoms with Crippen molar-refractivity contribution in [3.63, 3.8) is 0 Å². The summed E-state index contributed by atoms with van der Waals surface area (Å²) in [5.74, 6) is -0.338. The van der Waals surface area contributed by atoms with Crippen molar-refractivity contribution in [2.45, 2.75) is 6.92 Å². The molecule has 7 heteroatoms. The molecule has 2 aromatic rings. The molecule has 2 rings (SSSR count). The minimum Gasteiger partial charge on any atom is -0.321 e. The summed E-state index contributed by atoms with van der Waals surface area (Å²) in [7, 11) is 0. The SMILES string of the molecule is Cc1ccc(NC(=O)c2ccc(Cl)s2)cc1[N+](=O)[O-]. The number of nitro groups is 1. The van der Waals surface area contributed by atoms with E-state index >= 15 is 0 Å². The van der Waals surface area contributed by atoms with Gasteiger partial charge < -0.3 is 5.32 Å². The van der Waals surface area contributed by atoms with Gasteiger partial charge in [-0.05, 0) is 25.1 Å². The quantitative estimate of drug-likeness (QED) is 0.690. The van der Waals surface area contributed by atoms with Crippen molar-refractivity contribution in [1.29, 1.82) is 0 Å². The zero-order chi connectivity index (χ0) is 14.0. The molecule has 98 valence electrons. The highest BCUT2D eigenvalue weighted by atomic mass is 35.5. The number of halogens is 1. The van der Waals surface area contributed by atoms with Gasteiger partial charge in [-0.3, -0.25) is 14.9 Å². The van der Waals surface area contributed by atoms with E-state index in [9.17, 15) is 14.9 Å². The molecule has 1 amide bonds. The molecule has 5 nitrogen and oxygen atoms in total. The number of rotatable bonds is 3. The maximum absolute atomic E-state index is 11.9. The van der Waals surface area contributed by atoms with Crippen LogP contribution in [0.15, 0.2) is 30.3 Å². The summed E-state index contributed by atoms with van der Waals surface area (Å²) in [6, 6.07) is 7.77. The van der Waals surface area contributed by atoms with E-state index in [2.05, 4.69) is 5.32 Å². The van der Waals surface area contributed by atoms with Crippen LogP contribution in [-0.4, -0.2) is 10.8 Å². The number of amides is 1. The molecule has 1 aromatic heterocycles. The molecule has 0 unspecified atom stereocenters. The number of carbonyl (C=O) groups excluding carboxylic acids is 1. The van der Waals surface area contributed by atoms with Crippen molar-refractivity contribution in [1.82, 2.24) is 0 Å². The molecule has 1 heterocycles. The van der Waals surface area contributed by atoms with Crippen LogP contribution in [-0.2, 0) is 0 Å². The molecule has 0 radical (unpaired) electrons. The highest BCUT2D eigenvalue weighted by Gasteiger charge is 2.14. The number of nitro benzene ring substituents is 1. The van der Waals surface area contributed by atoms with E-state index in [-0.39, 0.29) is 11.6 Å². The number of anilines is 1. The summed E-state index contributed by atoms with van der Waals surface area (Å²) in [5.41, 5.74) is 0.899. The molecular formula is C12H9ClN2O3S. The predicted molar refractivity (Wildman–Crippen MR) is 75.1 cm³/mol. The molecule has 0 saturated heterocycles. The second kappa shape index (κ2) is 5.38. The van der Waals surface area contributed by atoms with Crippen molar-refractivity contribution in [2.75, 3.05) is 5.32 Å². The highest BCUT2D eigenvalue weighted by molar-refractivity contribution is 7.18. The van der Waals surface area contributed by atoms with Crippen molar-refractivity contribution in [2.24, 2.45) is 0 Å². The lowest BCUT2D eigenvalue weighted by atomic mass is 10.2. The van der Waals surface area contributed by atoms with E-state index in [0.717, 1.165) is 11.3 Å². The first kappa shape index (κ1) is 13.5. The van der Waals surface area contributed by atoms with Gasteiger partial charge in [0.05, 0.1) is 14.1 Å². The van der Waals surface area contributed by atoms with Crippen LogP contribution in [0.4, 0.5) is 11.4 Å². The summed E-state index contributed by atoms with van der Waals surface area (Å²) in [6.07, 6.45) is 0. The van der Waals surface area contributed by atoms with Crippen LogP contribution in [0.5, 0.6) is 0 Å². The Hall–Kier alpha value is -1.92. The van der Waals surface area contributed by atoms with Gasteiger partial charge in [-0.15, -0.1) is 11.3 Å². The van der Waals surface area contributed by atoms with Gasteiger partial charge in [-0.1, -0.05) is 17.7 Å². The molecule has 1 N–H and O–H groups in total. The predicted octanol–water partition coefficient (Wildman–Crippen LogP) is 3.87. The molecular weight excluding hydrogens is 288 g/mol. The van der Waals surface area contributed by atoms with Crippen molar-refractivity contribution >= 4 is 40.2 Å². The summed E-state index contributed by atoms with van der Waals surface area (Å²) in [5, 5.41) is 13.4. The average molecular weight is 297 g/mol. The molecule has 1 aromatic carbocycles. The Morgan fingerprint density at radius 3 is 2.68 bits per heavy atom. The number of thiophene rings is 1. The lowest BCUT2D eigenvalue weighted by Crippen LogP contribution is -2.10. The maximum atomic E-state index is 11.9. The minimum atomic E-state index is -0.479. The zero-order valence-corrected chi connectivity index (χ0v) is 11.4. The third-order valence-electron chi connectivity index (χ3n) is 2.46. The largest absolute Gasteiger partial charge is 0.321 e. The minimum absolute atomic E-state index is 0.0259. The number of hydrogen-bond donors (Lipinski definition) is 1. The first-order chi connectivity index (χ1) is 8.97. The Labute approximate surface area is 118 Å². The third kappa shape index (κ3) is 3.10. The van der Waals surface area contributed by atoms with E-state index in [4.69, 9.17) is 11.6 Å². The van der Waals surface area contributed by atoms with E-state index in [1.54, 1.807) is 31.2 Å². The molecule has 19 heavy (non-hydrogen) atoms. The first-order valence-electron chi connectivity index (χ1n) is 5.29. The van der Waals surface area contributed by atoms with Gasteiger partial charge in [-0.2, -0.15) is 0 Å². The molecule has 0 fully saturated rings. The molecule has 0 saturated carbocycles. The number of nitrogens with zero attached hydrogens (tertiary/aromatic N) is 1. The van der Waals surface area contributed by atoms with E-state index in [1.807, 2.05) is 0 Å². The standard InChI is InChI=1S/C12H9ClN2O3S/c1-7-2-3-8(6-9(7)15(17)18)14-12(16)10-4-5-11(13)19-10/h2-6H,1H3,(H,14,16). The molecule has 0 bridgehead atoms. The Kier molecular flexibility index (Phi) is 3.82. The number of benzene rings is 1. The first-order valence-corrected chi connectivity index (χ1v) is 6.48. The molecule has 0 atom stereocenters. The van der Waals surface area contributed by atoms with E-state index in [1.165, 1.54) is 6.07 Å². The van der Waals surface area contributed by atoms with Gasteiger partial charge >= 0.3 is 0 Å². The van der Waals surface area contributed by atoms with E-state index in [0.29, 0.717) is 20.5 Å². The van der Waals surface area contributed by atoms with Crippen LogP contribution in [0.3, 0.4) is 0 Å². The fraction of sp³-hybridized carbons (Fsp3) is 0.0833. The second-order valence-corrected chi connectivity index (χ2v) is 5.53. The number of aryl methyl sites for hydroxylation is 1. The van der Waals surface area contributed by atoms with Gasteiger partial charge in [-0.25, -0.2) is 0 Å². The van der Waals surface area contributed by atoms with Gasteiger partial charge in [0.2, 0.25) is 0 Å². The highest BCUT2D eigenvalue weighted by Crippen LogP contribution is 2.25. The number of nitrogens with one attached hydrogen (secondary N) is 1. The van der Waals surface area contributed by atoms with Crippen LogP contribution >= 0.6 is 22.9 Å². The Bertz CT molecular complexity index is 654.